The molecule has 1 aromatic carbocycles. The van der Waals surface area contributed by atoms with Crippen LogP contribution in [-0.4, -0.2) is 22.4 Å². The predicted molar refractivity (Wildman–Crippen MR) is 81.0 cm³/mol. The summed E-state index contributed by atoms with van der Waals surface area (Å²) in [6.45, 7) is 3.61. The molecular weight excluding hydrogens is 310 g/mol. The lowest BCUT2D eigenvalue weighted by Gasteiger charge is -2.09. The van der Waals surface area contributed by atoms with Gasteiger partial charge < -0.3 is 0 Å². The number of hydrogen-bond donors (Lipinski definition) is 0. The van der Waals surface area contributed by atoms with E-state index in [4.69, 9.17) is 11.6 Å². The first-order chi connectivity index (χ1) is 9.89. The van der Waals surface area contributed by atoms with Gasteiger partial charge in [-0.3, -0.25) is 0 Å². The molecule has 0 amide bonds. The van der Waals surface area contributed by atoms with E-state index in [1.165, 1.54) is 10.2 Å². The highest BCUT2D eigenvalue weighted by molar-refractivity contribution is 7.90. The van der Waals surface area contributed by atoms with E-state index in [1.54, 1.807) is 37.3 Å². The fraction of sp³-hybridized carbons (Fsp3) is 0.143. The maximum Gasteiger partial charge on any atom is 0.268 e. The summed E-state index contributed by atoms with van der Waals surface area (Å²) in [5.41, 5.74) is 2.46. The van der Waals surface area contributed by atoms with Crippen LogP contribution in [0.5, 0.6) is 0 Å². The molecule has 0 aliphatic heterocycles. The molecular formula is C14H12ClN3O2S. The van der Waals surface area contributed by atoms with Crippen molar-refractivity contribution in [3.63, 3.8) is 0 Å². The molecule has 0 bridgehead atoms. The molecule has 0 saturated carbocycles. The van der Waals surface area contributed by atoms with Crippen LogP contribution in [0, 0.1) is 13.8 Å². The van der Waals surface area contributed by atoms with Crippen LogP contribution in [0.1, 0.15) is 11.3 Å². The van der Waals surface area contributed by atoms with Gasteiger partial charge in [0.25, 0.3) is 10.0 Å². The number of aromatic nitrogens is 3. The van der Waals surface area contributed by atoms with E-state index in [-0.39, 0.29) is 10.2 Å². The summed E-state index contributed by atoms with van der Waals surface area (Å²) >= 11 is 5.80. The molecule has 21 heavy (non-hydrogen) atoms. The zero-order valence-corrected chi connectivity index (χ0v) is 13.0. The number of nitrogens with zero attached hydrogens (tertiary/aromatic N) is 3. The molecule has 0 unspecified atom stereocenters. The average Bonchev–Trinajstić information content (AvgIpc) is 2.83. The number of rotatable bonds is 2. The van der Waals surface area contributed by atoms with Crippen molar-refractivity contribution in [2.24, 2.45) is 0 Å². The molecule has 2 heterocycles. The van der Waals surface area contributed by atoms with E-state index >= 15 is 0 Å². The molecule has 2 aromatic heterocycles. The van der Waals surface area contributed by atoms with E-state index in [2.05, 4.69) is 9.97 Å². The highest BCUT2D eigenvalue weighted by Gasteiger charge is 2.21. The Morgan fingerprint density at radius 1 is 1.05 bits per heavy atom. The molecule has 0 atom stereocenters. The molecule has 3 rings (SSSR count). The molecule has 108 valence electrons. The summed E-state index contributed by atoms with van der Waals surface area (Å²) < 4.78 is 26.7. The van der Waals surface area contributed by atoms with Crippen LogP contribution >= 0.6 is 11.6 Å². The van der Waals surface area contributed by atoms with E-state index in [9.17, 15) is 8.42 Å². The topological polar surface area (TPSA) is 64.8 Å². The Labute approximate surface area is 127 Å². The second-order valence-electron chi connectivity index (χ2n) is 4.74. The van der Waals surface area contributed by atoms with Crippen LogP contribution in [0.15, 0.2) is 41.4 Å². The minimum absolute atomic E-state index is 0.102. The van der Waals surface area contributed by atoms with Crippen molar-refractivity contribution in [1.82, 2.24) is 13.9 Å². The van der Waals surface area contributed by atoms with E-state index in [1.807, 2.05) is 6.92 Å². The van der Waals surface area contributed by atoms with Gasteiger partial charge in [-0.1, -0.05) is 17.7 Å². The van der Waals surface area contributed by atoms with E-state index in [0.717, 1.165) is 5.56 Å². The lowest BCUT2D eigenvalue weighted by molar-refractivity contribution is 0.589. The average molecular weight is 322 g/mol. The van der Waals surface area contributed by atoms with Gasteiger partial charge in [0.05, 0.1) is 16.1 Å². The maximum absolute atomic E-state index is 12.7. The zero-order chi connectivity index (χ0) is 15.2. The van der Waals surface area contributed by atoms with Crippen LogP contribution < -0.4 is 0 Å². The number of benzene rings is 1. The summed E-state index contributed by atoms with van der Waals surface area (Å²) in [5, 5.41) is 0.102. The minimum Gasteiger partial charge on any atom is -0.238 e. The van der Waals surface area contributed by atoms with E-state index in [0.29, 0.717) is 16.7 Å². The van der Waals surface area contributed by atoms with Crippen molar-refractivity contribution in [1.29, 1.82) is 0 Å². The minimum atomic E-state index is -3.68. The van der Waals surface area contributed by atoms with Gasteiger partial charge in [0.2, 0.25) is 5.28 Å². The molecule has 7 heteroatoms. The van der Waals surface area contributed by atoms with Crippen molar-refractivity contribution >= 4 is 32.7 Å². The predicted octanol–water partition coefficient (Wildman–Crippen LogP) is 2.94. The first kappa shape index (κ1) is 14.0. The largest absolute Gasteiger partial charge is 0.268 e. The highest BCUT2D eigenvalue weighted by Crippen LogP contribution is 2.24. The lowest BCUT2D eigenvalue weighted by atomic mass is 10.2. The summed E-state index contributed by atoms with van der Waals surface area (Å²) in [7, 11) is -3.68. The van der Waals surface area contributed by atoms with Gasteiger partial charge >= 0.3 is 0 Å². The van der Waals surface area contributed by atoms with Gasteiger partial charge in [0.1, 0.15) is 5.52 Å². The van der Waals surface area contributed by atoms with Crippen molar-refractivity contribution < 1.29 is 8.42 Å². The molecule has 0 aliphatic rings. The summed E-state index contributed by atoms with van der Waals surface area (Å²) in [6, 6.07) is 8.31. The third-order valence-corrected chi connectivity index (χ3v) is 5.08. The summed E-state index contributed by atoms with van der Waals surface area (Å²) in [6.07, 6.45) is 1.47. The van der Waals surface area contributed by atoms with Crippen LogP contribution in [-0.2, 0) is 10.0 Å². The first-order valence-corrected chi connectivity index (χ1v) is 8.05. The third-order valence-electron chi connectivity index (χ3n) is 3.22. The number of hydrogen-bond acceptors (Lipinski definition) is 4. The molecule has 0 spiro atoms. The van der Waals surface area contributed by atoms with Gasteiger partial charge in [-0.25, -0.2) is 22.4 Å². The molecule has 0 aliphatic carbocycles. The van der Waals surface area contributed by atoms with Crippen molar-refractivity contribution in [3.05, 3.63) is 53.1 Å². The van der Waals surface area contributed by atoms with Crippen molar-refractivity contribution in [3.8, 4) is 0 Å². The summed E-state index contributed by atoms with van der Waals surface area (Å²) in [4.78, 5) is 8.29. The quantitative estimate of drug-likeness (QED) is 0.681. The Morgan fingerprint density at radius 2 is 1.71 bits per heavy atom. The third kappa shape index (κ3) is 2.30. The van der Waals surface area contributed by atoms with Gasteiger partial charge in [-0.2, -0.15) is 0 Å². The zero-order valence-electron chi connectivity index (χ0n) is 11.4. The maximum atomic E-state index is 12.7. The molecule has 0 saturated heterocycles. The Kier molecular flexibility index (Phi) is 3.22. The van der Waals surface area contributed by atoms with Crippen LogP contribution in [0.2, 0.25) is 5.28 Å². The Hall–Kier alpha value is -1.92. The smallest absolute Gasteiger partial charge is 0.238 e. The Morgan fingerprint density at radius 3 is 2.38 bits per heavy atom. The van der Waals surface area contributed by atoms with E-state index < -0.39 is 10.0 Å². The molecule has 0 fully saturated rings. The highest BCUT2D eigenvalue weighted by atomic mass is 35.5. The second kappa shape index (κ2) is 4.82. The molecule has 0 N–H and O–H groups in total. The van der Waals surface area contributed by atoms with Crippen molar-refractivity contribution in [2.75, 3.05) is 0 Å². The number of fused-ring (bicyclic) bond motifs is 1. The van der Waals surface area contributed by atoms with Crippen LogP contribution in [0.4, 0.5) is 0 Å². The fourth-order valence-electron chi connectivity index (χ4n) is 2.18. The van der Waals surface area contributed by atoms with Gasteiger partial charge in [0.15, 0.2) is 0 Å². The monoisotopic (exact) mass is 321 g/mol. The first-order valence-electron chi connectivity index (χ1n) is 6.23. The molecule has 0 radical (unpaired) electrons. The number of aryl methyl sites for hydroxylation is 2. The Bertz CT molecular complexity index is 931. The standard InChI is InChI=1S/C14H12ClN3O2S/c1-9-3-5-11(6-4-9)21(19,20)18-8-7-12-13(18)10(2)16-14(15)17-12/h3-8H,1-2H3. The van der Waals surface area contributed by atoms with Gasteiger partial charge in [-0.05, 0) is 43.6 Å². The summed E-state index contributed by atoms with van der Waals surface area (Å²) in [5.74, 6) is 0. The number of halogens is 1. The van der Waals surface area contributed by atoms with Crippen molar-refractivity contribution in [2.45, 2.75) is 18.7 Å². The van der Waals surface area contributed by atoms with Crippen LogP contribution in [0.3, 0.4) is 0 Å². The second-order valence-corrected chi connectivity index (χ2v) is 6.89. The normalized spacial score (nSPS) is 12.0. The fourth-order valence-corrected chi connectivity index (χ4v) is 3.79. The lowest BCUT2D eigenvalue weighted by Crippen LogP contribution is -2.12. The Balaban J connectivity index is 2.27. The molecule has 5 nitrogen and oxygen atoms in total. The van der Waals surface area contributed by atoms with Gasteiger partial charge in [-0.15, -0.1) is 0 Å². The SMILES string of the molecule is Cc1ccc(S(=O)(=O)n2ccc3nc(Cl)nc(C)c32)cc1. The van der Waals surface area contributed by atoms with Gasteiger partial charge in [0, 0.05) is 6.20 Å². The molecule has 3 aromatic rings. The van der Waals surface area contributed by atoms with Crippen LogP contribution in [0.25, 0.3) is 11.0 Å².